The number of aromatic nitrogens is 1. The van der Waals surface area contributed by atoms with E-state index in [2.05, 4.69) is 26.0 Å². The molecule has 1 heterocycles. The number of non-ortho nitro benzene ring substituents is 2. The summed E-state index contributed by atoms with van der Waals surface area (Å²) in [7, 11) is 2.62. The second-order valence-electron chi connectivity index (χ2n) is 11.2. The zero-order chi connectivity index (χ0) is 41.9. The molecule has 5 aromatic rings. The van der Waals surface area contributed by atoms with Crippen molar-refractivity contribution in [2.24, 2.45) is 10.2 Å². The van der Waals surface area contributed by atoms with Crippen LogP contribution in [0.2, 0.25) is 0 Å². The number of nitrogens with zero attached hydrogens (tertiary/aromatic N) is 7. The number of hydrogen-bond donors (Lipinski definition) is 2. The van der Waals surface area contributed by atoms with E-state index in [-0.39, 0.29) is 45.9 Å². The molecule has 58 heavy (non-hydrogen) atoms. The number of ether oxygens (including phenoxy) is 4. The third-order valence-electron chi connectivity index (χ3n) is 7.49. The second kappa shape index (κ2) is 18.0. The molecule has 2 N–H and O–H groups in total. The minimum absolute atomic E-state index is 0.0448. The second-order valence-corrected chi connectivity index (χ2v) is 11.2. The number of nitro groups is 4. The molecule has 0 radical (unpaired) electrons. The van der Waals surface area contributed by atoms with Gasteiger partial charge in [0.25, 0.3) is 23.2 Å². The van der Waals surface area contributed by atoms with E-state index in [4.69, 9.17) is 18.9 Å². The molecule has 2 amide bonds. The van der Waals surface area contributed by atoms with Crippen molar-refractivity contribution >= 4 is 47.0 Å². The number of carbonyl (C=O) groups excluding carboxylic acids is 2. The lowest BCUT2D eigenvalue weighted by Gasteiger charge is -2.11. The smallest absolute Gasteiger partial charge is 0.318 e. The predicted octanol–water partition coefficient (Wildman–Crippen LogP) is 5.84. The molecule has 1 aromatic heterocycles. The molecular weight excluding hydrogens is 770 g/mol. The van der Waals surface area contributed by atoms with Crippen LogP contribution in [0.4, 0.5) is 22.7 Å². The quantitative estimate of drug-likeness (QED) is 0.0673. The van der Waals surface area contributed by atoms with Crippen LogP contribution < -0.4 is 29.8 Å². The first-order valence-corrected chi connectivity index (χ1v) is 16.0. The standard InChI is InChI=1S/C35H25N9O14/c1-55-32-14-20(6-10-30(32)57-28-12-8-22(41(47)48)16-26(28)43(51)52)18-36-39-34(45)24-4-3-5-25(38-24)35(46)40-37-19-21-7-11-31(33(15-21)56-2)58-29-13-9-23(42(49)50)17-27(29)44(53)54/h3-19H,1-2H3,(H,39,45)(H,40,46)/b36-18-,37-19-. The third kappa shape index (κ3) is 9.80. The van der Waals surface area contributed by atoms with Crippen LogP contribution in [0.3, 0.4) is 0 Å². The number of hydrogen-bond acceptors (Lipinski definition) is 17. The molecule has 0 unspecified atom stereocenters. The molecule has 23 nitrogen and oxygen atoms in total. The molecule has 23 heteroatoms. The molecule has 5 rings (SSSR count). The number of hydrazone groups is 2. The molecule has 0 saturated carbocycles. The first kappa shape index (κ1) is 40.3. The van der Waals surface area contributed by atoms with Crippen molar-refractivity contribution in [3.63, 3.8) is 0 Å². The SMILES string of the molecule is COc1cc(/C=N\NC(=O)c2cccc(C(=O)N/N=C\c3ccc(Oc4ccc([N+](=O)[O-])cc4[N+](=O)[O-])c(OC)c3)n2)ccc1Oc1ccc([N+](=O)[O-])cc1[N+](=O)[O-]. The van der Waals surface area contributed by atoms with Gasteiger partial charge in [-0.15, -0.1) is 0 Å². The van der Waals surface area contributed by atoms with Crippen molar-refractivity contribution in [2.75, 3.05) is 14.2 Å². The third-order valence-corrected chi connectivity index (χ3v) is 7.49. The van der Waals surface area contributed by atoms with Crippen molar-refractivity contribution in [2.45, 2.75) is 0 Å². The number of methoxy groups -OCH3 is 2. The van der Waals surface area contributed by atoms with Gasteiger partial charge in [0.15, 0.2) is 23.0 Å². The van der Waals surface area contributed by atoms with E-state index < -0.39 is 54.3 Å². The van der Waals surface area contributed by atoms with Gasteiger partial charge < -0.3 is 18.9 Å². The molecule has 0 bridgehead atoms. The van der Waals surface area contributed by atoms with Gasteiger partial charge in [0.1, 0.15) is 11.4 Å². The Morgan fingerprint density at radius 3 is 1.31 bits per heavy atom. The van der Waals surface area contributed by atoms with Gasteiger partial charge in [-0.05, 0) is 71.8 Å². The Kier molecular flexibility index (Phi) is 12.5. The average molecular weight is 796 g/mol. The van der Waals surface area contributed by atoms with Crippen molar-refractivity contribution in [1.29, 1.82) is 0 Å². The van der Waals surface area contributed by atoms with Crippen LogP contribution in [0.1, 0.15) is 32.1 Å². The van der Waals surface area contributed by atoms with E-state index in [1.165, 1.54) is 81.2 Å². The van der Waals surface area contributed by atoms with E-state index in [9.17, 15) is 50.0 Å². The van der Waals surface area contributed by atoms with Crippen molar-refractivity contribution in [1.82, 2.24) is 15.8 Å². The monoisotopic (exact) mass is 795 g/mol. The molecule has 294 valence electrons. The lowest BCUT2D eigenvalue weighted by molar-refractivity contribution is -0.394. The fourth-order valence-corrected chi connectivity index (χ4v) is 4.76. The number of benzene rings is 4. The summed E-state index contributed by atoms with van der Waals surface area (Å²) in [5.74, 6) is -1.77. The van der Waals surface area contributed by atoms with E-state index in [0.29, 0.717) is 11.1 Å². The maximum atomic E-state index is 12.8. The highest BCUT2D eigenvalue weighted by Gasteiger charge is 2.24. The Morgan fingerprint density at radius 2 is 0.948 bits per heavy atom. The summed E-state index contributed by atoms with van der Waals surface area (Å²) >= 11 is 0. The molecule has 0 saturated heterocycles. The van der Waals surface area contributed by atoms with Gasteiger partial charge in [0, 0.05) is 12.1 Å². The van der Waals surface area contributed by atoms with E-state index in [1.54, 1.807) is 0 Å². The highest BCUT2D eigenvalue weighted by molar-refractivity contribution is 5.97. The van der Waals surface area contributed by atoms with Gasteiger partial charge in [-0.2, -0.15) is 10.2 Å². The Bertz CT molecular complexity index is 2360. The highest BCUT2D eigenvalue weighted by atomic mass is 16.6. The van der Waals surface area contributed by atoms with E-state index in [1.807, 2.05) is 0 Å². The van der Waals surface area contributed by atoms with Crippen LogP contribution in [0.5, 0.6) is 34.5 Å². The molecule has 4 aromatic carbocycles. The topological polar surface area (TPSA) is 305 Å². The van der Waals surface area contributed by atoms with E-state index in [0.717, 1.165) is 36.4 Å². The zero-order valence-electron chi connectivity index (χ0n) is 29.7. The summed E-state index contributed by atoms with van der Waals surface area (Å²) < 4.78 is 21.8. The minimum Gasteiger partial charge on any atom is -0.493 e. The van der Waals surface area contributed by atoms with Crippen LogP contribution >= 0.6 is 0 Å². The van der Waals surface area contributed by atoms with Gasteiger partial charge in [-0.1, -0.05) is 6.07 Å². The van der Waals surface area contributed by atoms with E-state index >= 15 is 0 Å². The summed E-state index contributed by atoms with van der Waals surface area (Å²) in [5, 5.41) is 52.8. The van der Waals surface area contributed by atoms with Gasteiger partial charge in [0.05, 0.1) is 58.5 Å². The highest BCUT2D eigenvalue weighted by Crippen LogP contribution is 2.39. The molecular formula is C35H25N9O14. The molecule has 0 aliphatic heterocycles. The average Bonchev–Trinajstić information content (AvgIpc) is 3.21. The fraction of sp³-hybridized carbons (Fsp3) is 0.0571. The summed E-state index contributed by atoms with van der Waals surface area (Å²) in [4.78, 5) is 71.4. The van der Waals surface area contributed by atoms with Crippen LogP contribution in [0, 0.1) is 40.5 Å². The largest absolute Gasteiger partial charge is 0.493 e. The molecule has 0 aliphatic rings. The molecule has 0 aliphatic carbocycles. The minimum atomic E-state index is -0.823. The number of carbonyl (C=O) groups is 2. The lowest BCUT2D eigenvalue weighted by atomic mass is 10.2. The van der Waals surface area contributed by atoms with Crippen molar-refractivity contribution in [3.05, 3.63) is 154 Å². The van der Waals surface area contributed by atoms with Crippen molar-refractivity contribution in [3.8, 4) is 34.5 Å². The Hall–Kier alpha value is -8.89. The summed E-state index contributed by atoms with van der Waals surface area (Å²) in [6.07, 6.45) is 2.49. The summed E-state index contributed by atoms with van der Waals surface area (Å²) in [6, 6.07) is 18.6. The summed E-state index contributed by atoms with van der Waals surface area (Å²) in [5.41, 5.74) is 2.75. The van der Waals surface area contributed by atoms with Crippen LogP contribution in [-0.4, -0.2) is 63.1 Å². The van der Waals surface area contributed by atoms with Gasteiger partial charge in [-0.3, -0.25) is 50.0 Å². The predicted molar refractivity (Wildman–Crippen MR) is 200 cm³/mol. The molecule has 0 spiro atoms. The molecule has 0 fully saturated rings. The maximum Gasteiger partial charge on any atom is 0.318 e. The molecule has 0 atom stereocenters. The normalized spacial score (nSPS) is 10.8. The maximum absolute atomic E-state index is 12.8. The van der Waals surface area contributed by atoms with Crippen molar-refractivity contribution < 1.29 is 48.2 Å². The number of rotatable bonds is 16. The Balaban J connectivity index is 1.19. The van der Waals surface area contributed by atoms with Gasteiger partial charge in [0.2, 0.25) is 11.5 Å². The number of nitro benzene ring substituents is 4. The van der Waals surface area contributed by atoms with Gasteiger partial charge >= 0.3 is 11.4 Å². The van der Waals surface area contributed by atoms with Crippen LogP contribution in [0.25, 0.3) is 0 Å². The fourth-order valence-electron chi connectivity index (χ4n) is 4.76. The lowest BCUT2D eigenvalue weighted by Crippen LogP contribution is -2.23. The van der Waals surface area contributed by atoms with Crippen LogP contribution in [0.15, 0.2) is 101 Å². The van der Waals surface area contributed by atoms with Gasteiger partial charge in [-0.25, -0.2) is 15.8 Å². The van der Waals surface area contributed by atoms with Crippen LogP contribution in [-0.2, 0) is 0 Å². The Morgan fingerprint density at radius 1 is 0.552 bits per heavy atom. The summed E-state index contributed by atoms with van der Waals surface area (Å²) in [6.45, 7) is 0. The zero-order valence-corrected chi connectivity index (χ0v) is 29.7. The number of amides is 2. The number of pyridine rings is 1. The Labute approximate surface area is 323 Å². The first-order valence-electron chi connectivity index (χ1n) is 16.0. The number of nitrogens with one attached hydrogen (secondary N) is 2. The first-order chi connectivity index (χ1) is 27.8.